The Labute approximate surface area is 194 Å². The van der Waals surface area contributed by atoms with Crippen molar-refractivity contribution in [3.05, 3.63) is 90.0 Å². The number of carbonyl (C=O) groups excluding carboxylic acids is 2. The van der Waals surface area contributed by atoms with Crippen molar-refractivity contribution >= 4 is 11.9 Å². The molecule has 33 heavy (non-hydrogen) atoms. The standard InChI is InChI=1S/C27H28O6/c1-27(2,3)21-12-14-23(15-13-21)32-19-25(28)33-24-11-7-8-20(18-24)26(29)31-17-16-30-22-9-5-4-6-10-22/h4-15,18H,16-17,19H2,1-3H3. The molecular formula is C27H28O6. The average Bonchev–Trinajstić information content (AvgIpc) is 2.81. The maximum absolute atomic E-state index is 12.3. The van der Waals surface area contributed by atoms with Crippen molar-refractivity contribution in [2.75, 3.05) is 19.8 Å². The van der Waals surface area contributed by atoms with Crippen molar-refractivity contribution in [1.29, 1.82) is 0 Å². The van der Waals surface area contributed by atoms with E-state index in [-0.39, 0.29) is 36.5 Å². The van der Waals surface area contributed by atoms with Crippen LogP contribution in [0.4, 0.5) is 0 Å². The van der Waals surface area contributed by atoms with Gasteiger partial charge in [-0.25, -0.2) is 9.59 Å². The topological polar surface area (TPSA) is 71.1 Å². The van der Waals surface area contributed by atoms with Crippen molar-refractivity contribution < 1.29 is 28.5 Å². The van der Waals surface area contributed by atoms with Gasteiger partial charge in [0.2, 0.25) is 0 Å². The molecule has 0 amide bonds. The van der Waals surface area contributed by atoms with Crippen LogP contribution in [0.5, 0.6) is 17.2 Å². The van der Waals surface area contributed by atoms with Crippen molar-refractivity contribution in [3.63, 3.8) is 0 Å². The van der Waals surface area contributed by atoms with E-state index in [1.165, 1.54) is 11.6 Å². The maximum Gasteiger partial charge on any atom is 0.349 e. The van der Waals surface area contributed by atoms with Gasteiger partial charge in [0, 0.05) is 0 Å². The van der Waals surface area contributed by atoms with Gasteiger partial charge in [0.05, 0.1) is 5.56 Å². The van der Waals surface area contributed by atoms with Crippen LogP contribution in [0.25, 0.3) is 0 Å². The zero-order chi connectivity index (χ0) is 23.7. The third-order valence-electron chi connectivity index (χ3n) is 4.71. The number of carbonyl (C=O) groups is 2. The summed E-state index contributed by atoms with van der Waals surface area (Å²) in [5, 5.41) is 0. The van der Waals surface area contributed by atoms with Gasteiger partial charge in [0.15, 0.2) is 6.61 Å². The summed E-state index contributed by atoms with van der Waals surface area (Å²) in [4.78, 5) is 24.4. The molecule has 0 spiro atoms. The fourth-order valence-corrected chi connectivity index (χ4v) is 2.93. The lowest BCUT2D eigenvalue weighted by molar-refractivity contribution is -0.136. The first-order chi connectivity index (χ1) is 15.8. The number of rotatable bonds is 9. The van der Waals surface area contributed by atoms with Crippen LogP contribution >= 0.6 is 0 Å². The summed E-state index contributed by atoms with van der Waals surface area (Å²) < 4.78 is 21.5. The van der Waals surface area contributed by atoms with E-state index in [1.807, 2.05) is 54.6 Å². The van der Waals surface area contributed by atoms with E-state index in [0.717, 1.165) is 0 Å². The van der Waals surface area contributed by atoms with Gasteiger partial charge >= 0.3 is 11.9 Å². The molecule has 0 aromatic heterocycles. The highest BCUT2D eigenvalue weighted by Crippen LogP contribution is 2.24. The average molecular weight is 449 g/mol. The van der Waals surface area contributed by atoms with Crippen LogP contribution in [-0.2, 0) is 14.9 Å². The van der Waals surface area contributed by atoms with E-state index in [1.54, 1.807) is 18.2 Å². The molecule has 0 radical (unpaired) electrons. The second kappa shape index (κ2) is 11.2. The first kappa shape index (κ1) is 23.9. The second-order valence-corrected chi connectivity index (χ2v) is 8.36. The normalized spacial score (nSPS) is 10.9. The summed E-state index contributed by atoms with van der Waals surface area (Å²) in [7, 11) is 0. The predicted octanol–water partition coefficient (Wildman–Crippen LogP) is 5.20. The SMILES string of the molecule is CC(C)(C)c1ccc(OCC(=O)Oc2cccc(C(=O)OCCOc3ccccc3)c2)cc1. The zero-order valence-corrected chi connectivity index (χ0v) is 19.1. The lowest BCUT2D eigenvalue weighted by atomic mass is 9.87. The quantitative estimate of drug-likeness (QED) is 0.254. The minimum absolute atomic E-state index is 0.0402. The number of hydrogen-bond acceptors (Lipinski definition) is 6. The lowest BCUT2D eigenvalue weighted by Gasteiger charge is -2.19. The number of esters is 2. The van der Waals surface area contributed by atoms with E-state index in [0.29, 0.717) is 11.5 Å². The Morgan fingerprint density at radius 1 is 0.727 bits per heavy atom. The molecule has 0 fully saturated rings. The van der Waals surface area contributed by atoms with E-state index < -0.39 is 11.9 Å². The Morgan fingerprint density at radius 2 is 1.39 bits per heavy atom. The van der Waals surface area contributed by atoms with Gasteiger partial charge < -0.3 is 18.9 Å². The fourth-order valence-electron chi connectivity index (χ4n) is 2.93. The highest BCUT2D eigenvalue weighted by Gasteiger charge is 2.14. The van der Waals surface area contributed by atoms with Crippen LogP contribution in [0, 0.1) is 0 Å². The van der Waals surface area contributed by atoms with Gasteiger partial charge in [0.1, 0.15) is 30.5 Å². The molecule has 3 aromatic carbocycles. The molecule has 172 valence electrons. The summed E-state index contributed by atoms with van der Waals surface area (Å²) in [6, 6.07) is 23.1. The first-order valence-corrected chi connectivity index (χ1v) is 10.7. The summed E-state index contributed by atoms with van der Waals surface area (Å²) >= 11 is 0. The molecule has 6 heteroatoms. The molecule has 0 aliphatic carbocycles. The van der Waals surface area contributed by atoms with Crippen LogP contribution in [0.15, 0.2) is 78.9 Å². The van der Waals surface area contributed by atoms with Gasteiger partial charge in [-0.05, 0) is 53.4 Å². The highest BCUT2D eigenvalue weighted by atomic mass is 16.6. The molecular weight excluding hydrogens is 420 g/mol. The Kier molecular flexibility index (Phi) is 8.08. The van der Waals surface area contributed by atoms with E-state index in [4.69, 9.17) is 18.9 Å². The van der Waals surface area contributed by atoms with Gasteiger partial charge in [0.25, 0.3) is 0 Å². The van der Waals surface area contributed by atoms with Crippen molar-refractivity contribution in [1.82, 2.24) is 0 Å². The van der Waals surface area contributed by atoms with E-state index >= 15 is 0 Å². The molecule has 0 heterocycles. The summed E-state index contributed by atoms with van der Waals surface area (Å²) in [6.45, 7) is 6.46. The number of hydrogen-bond donors (Lipinski definition) is 0. The van der Waals surface area contributed by atoms with Crippen LogP contribution in [0.2, 0.25) is 0 Å². The molecule has 0 saturated carbocycles. The second-order valence-electron chi connectivity index (χ2n) is 8.36. The van der Waals surface area contributed by atoms with E-state index in [2.05, 4.69) is 20.8 Å². The molecule has 0 saturated heterocycles. The molecule has 0 bridgehead atoms. The minimum Gasteiger partial charge on any atom is -0.490 e. The lowest BCUT2D eigenvalue weighted by Crippen LogP contribution is -2.18. The number of para-hydroxylation sites is 1. The van der Waals surface area contributed by atoms with Crippen molar-refractivity contribution in [2.24, 2.45) is 0 Å². The monoisotopic (exact) mass is 448 g/mol. The molecule has 0 aliphatic rings. The molecule has 0 unspecified atom stereocenters. The molecule has 0 aliphatic heterocycles. The predicted molar refractivity (Wildman–Crippen MR) is 125 cm³/mol. The maximum atomic E-state index is 12.3. The fraction of sp³-hybridized carbons (Fsp3) is 0.259. The van der Waals surface area contributed by atoms with Crippen LogP contribution < -0.4 is 14.2 Å². The van der Waals surface area contributed by atoms with Gasteiger partial charge in [-0.15, -0.1) is 0 Å². The van der Waals surface area contributed by atoms with Crippen LogP contribution in [0.1, 0.15) is 36.7 Å². The first-order valence-electron chi connectivity index (χ1n) is 10.7. The number of ether oxygens (including phenoxy) is 4. The Bertz CT molecular complexity index is 1050. The molecule has 0 atom stereocenters. The smallest absolute Gasteiger partial charge is 0.349 e. The summed E-state index contributed by atoms with van der Waals surface area (Å²) in [5.74, 6) is 0.419. The molecule has 3 aromatic rings. The van der Waals surface area contributed by atoms with Crippen molar-refractivity contribution in [3.8, 4) is 17.2 Å². The van der Waals surface area contributed by atoms with Crippen molar-refractivity contribution in [2.45, 2.75) is 26.2 Å². The third kappa shape index (κ3) is 7.68. The van der Waals surface area contributed by atoms with Crippen LogP contribution in [0.3, 0.4) is 0 Å². The highest BCUT2D eigenvalue weighted by molar-refractivity contribution is 5.90. The van der Waals surface area contributed by atoms with Gasteiger partial charge in [-0.2, -0.15) is 0 Å². The molecule has 3 rings (SSSR count). The van der Waals surface area contributed by atoms with E-state index in [9.17, 15) is 9.59 Å². The number of benzene rings is 3. The third-order valence-corrected chi connectivity index (χ3v) is 4.71. The zero-order valence-electron chi connectivity index (χ0n) is 19.1. The van der Waals surface area contributed by atoms with Gasteiger partial charge in [-0.1, -0.05) is 57.2 Å². The molecule has 0 N–H and O–H groups in total. The largest absolute Gasteiger partial charge is 0.490 e. The Hall–Kier alpha value is -3.80. The van der Waals surface area contributed by atoms with Gasteiger partial charge in [-0.3, -0.25) is 0 Å². The Morgan fingerprint density at radius 3 is 2.09 bits per heavy atom. The Balaban J connectivity index is 1.44. The summed E-state index contributed by atoms with van der Waals surface area (Å²) in [5.41, 5.74) is 1.49. The molecule has 6 nitrogen and oxygen atoms in total. The summed E-state index contributed by atoms with van der Waals surface area (Å²) in [6.07, 6.45) is 0. The van der Waals surface area contributed by atoms with Crippen LogP contribution in [-0.4, -0.2) is 31.8 Å². The minimum atomic E-state index is -0.573.